The zero-order chi connectivity index (χ0) is 18.2. The summed E-state index contributed by atoms with van der Waals surface area (Å²) in [6.45, 7) is 5.43. The first-order valence-electron chi connectivity index (χ1n) is 8.51. The number of para-hydroxylation sites is 1. The van der Waals surface area contributed by atoms with Crippen LogP contribution in [0.4, 0.5) is 0 Å². The van der Waals surface area contributed by atoms with Gasteiger partial charge in [-0.2, -0.15) is 5.10 Å². The van der Waals surface area contributed by atoms with Crippen LogP contribution in [0, 0.1) is 5.92 Å². The SMILES string of the molecule is CCOCCCN(CC(C)C(=O)O)C(=O)Cn1ncc2ccccc21. The summed E-state index contributed by atoms with van der Waals surface area (Å²) in [5.41, 5.74) is 0.886. The molecule has 0 bridgehead atoms. The lowest BCUT2D eigenvalue weighted by atomic mass is 10.1. The Morgan fingerprint density at radius 2 is 2.12 bits per heavy atom. The minimum Gasteiger partial charge on any atom is -0.481 e. The number of hydrogen-bond donors (Lipinski definition) is 1. The van der Waals surface area contributed by atoms with Gasteiger partial charge in [-0.05, 0) is 19.4 Å². The van der Waals surface area contributed by atoms with Crippen LogP contribution >= 0.6 is 0 Å². The van der Waals surface area contributed by atoms with Crippen molar-refractivity contribution in [2.75, 3.05) is 26.3 Å². The highest BCUT2D eigenvalue weighted by Gasteiger charge is 2.21. The lowest BCUT2D eigenvalue weighted by molar-refractivity contribution is -0.143. The van der Waals surface area contributed by atoms with E-state index in [0.717, 1.165) is 10.9 Å². The average Bonchev–Trinajstić information content (AvgIpc) is 3.00. The standard InChI is InChI=1S/C18H25N3O4/c1-3-25-10-6-9-20(12-14(2)18(23)24)17(22)13-21-16-8-5-4-7-15(16)11-19-21/h4-5,7-8,11,14H,3,6,9-10,12-13H2,1-2H3,(H,23,24). The van der Waals surface area contributed by atoms with Gasteiger partial charge in [-0.15, -0.1) is 0 Å². The highest BCUT2D eigenvalue weighted by molar-refractivity contribution is 5.82. The summed E-state index contributed by atoms with van der Waals surface area (Å²) >= 11 is 0. The second-order valence-electron chi connectivity index (χ2n) is 5.99. The molecule has 0 aliphatic heterocycles. The van der Waals surface area contributed by atoms with Gasteiger partial charge in [0.2, 0.25) is 5.91 Å². The molecule has 25 heavy (non-hydrogen) atoms. The van der Waals surface area contributed by atoms with Gasteiger partial charge >= 0.3 is 5.97 Å². The fourth-order valence-corrected chi connectivity index (χ4v) is 2.61. The number of carboxylic acids is 1. The van der Waals surface area contributed by atoms with Crippen molar-refractivity contribution in [1.82, 2.24) is 14.7 Å². The Bertz CT molecular complexity index is 713. The van der Waals surface area contributed by atoms with Crippen molar-refractivity contribution in [3.05, 3.63) is 30.5 Å². The second kappa shape index (κ2) is 9.17. The highest BCUT2D eigenvalue weighted by Crippen LogP contribution is 2.13. The molecule has 0 radical (unpaired) electrons. The molecule has 1 amide bonds. The summed E-state index contributed by atoms with van der Waals surface area (Å²) in [7, 11) is 0. The molecule has 136 valence electrons. The third-order valence-corrected chi connectivity index (χ3v) is 4.03. The van der Waals surface area contributed by atoms with Gasteiger partial charge in [-0.25, -0.2) is 0 Å². The van der Waals surface area contributed by atoms with Crippen LogP contribution in [0.1, 0.15) is 20.3 Å². The van der Waals surface area contributed by atoms with E-state index >= 15 is 0 Å². The number of aliphatic carboxylic acids is 1. The Morgan fingerprint density at radius 1 is 1.36 bits per heavy atom. The van der Waals surface area contributed by atoms with Crippen LogP contribution in [0.5, 0.6) is 0 Å². The zero-order valence-electron chi connectivity index (χ0n) is 14.7. The molecule has 1 heterocycles. The molecule has 7 nitrogen and oxygen atoms in total. The molecule has 7 heteroatoms. The molecule has 0 aliphatic rings. The van der Waals surface area contributed by atoms with E-state index in [9.17, 15) is 9.59 Å². The number of carbonyl (C=O) groups is 2. The molecular formula is C18H25N3O4. The first-order valence-corrected chi connectivity index (χ1v) is 8.51. The van der Waals surface area contributed by atoms with Crippen LogP contribution in [0.2, 0.25) is 0 Å². The van der Waals surface area contributed by atoms with E-state index in [0.29, 0.717) is 26.2 Å². The maximum Gasteiger partial charge on any atom is 0.308 e. The van der Waals surface area contributed by atoms with Gasteiger partial charge in [0, 0.05) is 31.7 Å². The van der Waals surface area contributed by atoms with E-state index in [1.165, 1.54) is 0 Å². The minimum absolute atomic E-state index is 0.0918. The molecule has 2 aromatic rings. The monoisotopic (exact) mass is 347 g/mol. The molecule has 1 aromatic carbocycles. The van der Waals surface area contributed by atoms with Gasteiger partial charge in [0.1, 0.15) is 6.54 Å². The maximum atomic E-state index is 12.7. The van der Waals surface area contributed by atoms with Crippen LogP contribution < -0.4 is 0 Å². The van der Waals surface area contributed by atoms with Crippen molar-refractivity contribution in [2.45, 2.75) is 26.8 Å². The molecule has 0 saturated carbocycles. The first-order chi connectivity index (χ1) is 12.0. The lowest BCUT2D eigenvalue weighted by Crippen LogP contribution is -2.40. The third-order valence-electron chi connectivity index (χ3n) is 4.03. The number of nitrogens with zero attached hydrogens (tertiary/aromatic N) is 3. The number of ether oxygens (including phenoxy) is 1. The van der Waals surface area contributed by atoms with Gasteiger partial charge < -0.3 is 14.7 Å². The molecule has 0 spiro atoms. The zero-order valence-corrected chi connectivity index (χ0v) is 14.7. The van der Waals surface area contributed by atoms with E-state index in [4.69, 9.17) is 9.84 Å². The number of carbonyl (C=O) groups excluding carboxylic acids is 1. The summed E-state index contributed by atoms with van der Waals surface area (Å²) in [5, 5.41) is 14.4. The highest BCUT2D eigenvalue weighted by atomic mass is 16.5. The molecule has 1 N–H and O–H groups in total. The molecule has 0 aliphatic carbocycles. The van der Waals surface area contributed by atoms with E-state index in [2.05, 4.69) is 5.10 Å². The van der Waals surface area contributed by atoms with E-state index in [1.807, 2.05) is 31.2 Å². The molecule has 0 saturated heterocycles. The van der Waals surface area contributed by atoms with Crippen LogP contribution in [0.15, 0.2) is 30.5 Å². The second-order valence-corrected chi connectivity index (χ2v) is 5.99. The van der Waals surface area contributed by atoms with Gasteiger partial charge in [-0.3, -0.25) is 14.3 Å². The maximum absolute atomic E-state index is 12.7. The Kier molecular flexibility index (Phi) is 6.94. The van der Waals surface area contributed by atoms with Crippen molar-refractivity contribution in [3.63, 3.8) is 0 Å². The van der Waals surface area contributed by atoms with Crippen LogP contribution in [0.3, 0.4) is 0 Å². The molecule has 1 atom stereocenters. The normalized spacial score (nSPS) is 12.2. The smallest absolute Gasteiger partial charge is 0.308 e. The number of amides is 1. The number of fused-ring (bicyclic) bond motifs is 1. The summed E-state index contributed by atoms with van der Waals surface area (Å²) in [4.78, 5) is 25.4. The Balaban J connectivity index is 2.06. The van der Waals surface area contributed by atoms with Gasteiger partial charge in [0.15, 0.2) is 0 Å². The van der Waals surface area contributed by atoms with Crippen molar-refractivity contribution < 1.29 is 19.4 Å². The summed E-state index contributed by atoms with van der Waals surface area (Å²) < 4.78 is 6.96. The number of rotatable bonds is 10. The van der Waals surface area contributed by atoms with E-state index in [-0.39, 0.29) is 19.0 Å². The van der Waals surface area contributed by atoms with Crippen molar-refractivity contribution in [3.8, 4) is 0 Å². The fraction of sp³-hybridized carbons (Fsp3) is 0.500. The first kappa shape index (κ1) is 18.9. The largest absolute Gasteiger partial charge is 0.481 e. The quantitative estimate of drug-likeness (QED) is 0.665. The van der Waals surface area contributed by atoms with Gasteiger partial charge in [0.25, 0.3) is 0 Å². The summed E-state index contributed by atoms with van der Waals surface area (Å²) in [5.74, 6) is -1.67. The van der Waals surface area contributed by atoms with E-state index < -0.39 is 11.9 Å². The molecule has 1 aromatic heterocycles. The Morgan fingerprint density at radius 3 is 2.84 bits per heavy atom. The molecule has 2 rings (SSSR count). The fourth-order valence-electron chi connectivity index (χ4n) is 2.61. The summed E-state index contributed by atoms with van der Waals surface area (Å²) in [6, 6.07) is 7.67. The average molecular weight is 347 g/mol. The molecule has 1 unspecified atom stereocenters. The van der Waals surface area contributed by atoms with Crippen molar-refractivity contribution in [1.29, 1.82) is 0 Å². The predicted octanol–water partition coefficient (Wildman–Crippen LogP) is 2.01. The number of benzene rings is 1. The predicted molar refractivity (Wildman–Crippen MR) is 94.2 cm³/mol. The van der Waals surface area contributed by atoms with Crippen molar-refractivity contribution in [2.24, 2.45) is 5.92 Å². The van der Waals surface area contributed by atoms with Gasteiger partial charge in [0.05, 0.1) is 17.6 Å². The van der Waals surface area contributed by atoms with Crippen molar-refractivity contribution >= 4 is 22.8 Å². The number of aromatic nitrogens is 2. The Hall–Kier alpha value is -2.41. The third kappa shape index (κ3) is 5.29. The molecule has 0 fully saturated rings. The van der Waals surface area contributed by atoms with E-state index in [1.54, 1.807) is 22.7 Å². The summed E-state index contributed by atoms with van der Waals surface area (Å²) in [6.07, 6.45) is 2.40. The van der Waals surface area contributed by atoms with Crippen LogP contribution in [0.25, 0.3) is 10.9 Å². The lowest BCUT2D eigenvalue weighted by Gasteiger charge is -2.24. The Labute approximate surface area is 147 Å². The van der Waals surface area contributed by atoms with Crippen LogP contribution in [-0.2, 0) is 20.9 Å². The minimum atomic E-state index is -0.910. The van der Waals surface area contributed by atoms with Gasteiger partial charge in [-0.1, -0.05) is 25.1 Å². The topological polar surface area (TPSA) is 84.7 Å². The number of hydrogen-bond acceptors (Lipinski definition) is 4. The molecular weight excluding hydrogens is 322 g/mol. The van der Waals surface area contributed by atoms with Crippen LogP contribution in [-0.4, -0.2) is 58.0 Å². The number of carboxylic acid groups (broad SMARTS) is 1.